The molecule has 0 atom stereocenters. The van der Waals surface area contributed by atoms with Gasteiger partial charge in [0.15, 0.2) is 0 Å². The molecule has 0 fully saturated rings. The van der Waals surface area contributed by atoms with E-state index in [1.807, 2.05) is 26.8 Å². The van der Waals surface area contributed by atoms with Crippen LogP contribution in [0.25, 0.3) is 0 Å². The Balaban J connectivity index is 0.000000249. The van der Waals surface area contributed by atoms with Crippen LogP contribution >= 0.6 is 0 Å². The van der Waals surface area contributed by atoms with Gasteiger partial charge in [0, 0.05) is 29.9 Å². The summed E-state index contributed by atoms with van der Waals surface area (Å²) in [6.07, 6.45) is 0.966. The number of benzene rings is 1. The summed E-state index contributed by atoms with van der Waals surface area (Å²) in [6.45, 7) is 6.78. The summed E-state index contributed by atoms with van der Waals surface area (Å²) in [5.74, 6) is 0. The van der Waals surface area contributed by atoms with Crippen LogP contribution in [0.15, 0.2) is 18.2 Å². The molecular formula is C12H19N3O2. The van der Waals surface area contributed by atoms with Crippen LogP contribution in [0.4, 0.5) is 11.4 Å². The van der Waals surface area contributed by atoms with Crippen molar-refractivity contribution in [1.29, 1.82) is 0 Å². The molecule has 1 aromatic carbocycles. The molecule has 1 heterocycles. The topological polar surface area (TPSA) is 81.2 Å². The second-order valence-electron chi connectivity index (χ2n) is 5.14. The number of fused-ring (bicyclic) bond motifs is 1. The van der Waals surface area contributed by atoms with E-state index in [0.29, 0.717) is 0 Å². The Morgan fingerprint density at radius 1 is 1.41 bits per heavy atom. The summed E-state index contributed by atoms with van der Waals surface area (Å²) in [6, 6.07) is 4.95. The summed E-state index contributed by atoms with van der Waals surface area (Å²) in [4.78, 5) is 10.0. The number of nitrogens with zero attached hydrogens (tertiary/aromatic N) is 1. The lowest BCUT2D eigenvalue weighted by Crippen LogP contribution is -2.26. The smallest absolute Gasteiger partial charge is 0.271 e. The number of non-ortho nitro benzene ring substituents is 1. The average molecular weight is 237 g/mol. The van der Waals surface area contributed by atoms with Crippen molar-refractivity contribution in [2.45, 2.75) is 32.7 Å². The van der Waals surface area contributed by atoms with Crippen LogP contribution in [-0.4, -0.2) is 17.0 Å². The third kappa shape index (κ3) is 4.82. The van der Waals surface area contributed by atoms with Crippen molar-refractivity contribution >= 4 is 11.4 Å². The highest BCUT2D eigenvalue weighted by Crippen LogP contribution is 2.26. The monoisotopic (exact) mass is 237 g/mol. The summed E-state index contributed by atoms with van der Waals surface area (Å²) in [5.41, 5.74) is 7.58. The van der Waals surface area contributed by atoms with E-state index in [1.165, 1.54) is 5.56 Å². The van der Waals surface area contributed by atoms with Gasteiger partial charge >= 0.3 is 0 Å². The predicted molar refractivity (Wildman–Crippen MR) is 69.2 cm³/mol. The zero-order chi connectivity index (χ0) is 13.1. The second kappa shape index (κ2) is 5.14. The van der Waals surface area contributed by atoms with Crippen LogP contribution in [0.2, 0.25) is 0 Å². The molecule has 2 rings (SSSR count). The highest BCUT2D eigenvalue weighted by molar-refractivity contribution is 5.60. The van der Waals surface area contributed by atoms with Gasteiger partial charge in [0.25, 0.3) is 5.69 Å². The third-order valence-electron chi connectivity index (χ3n) is 2.01. The minimum atomic E-state index is -0.375. The summed E-state index contributed by atoms with van der Waals surface area (Å²) in [5, 5.41) is 13.5. The quantitative estimate of drug-likeness (QED) is 0.580. The molecule has 1 aromatic rings. The van der Waals surface area contributed by atoms with E-state index in [-0.39, 0.29) is 16.1 Å². The van der Waals surface area contributed by atoms with Gasteiger partial charge in [0.1, 0.15) is 0 Å². The summed E-state index contributed by atoms with van der Waals surface area (Å²) in [7, 11) is 0. The van der Waals surface area contributed by atoms with Crippen molar-refractivity contribution in [3.63, 3.8) is 0 Å². The molecule has 0 unspecified atom stereocenters. The molecule has 0 bridgehead atoms. The number of nitro groups is 1. The first-order chi connectivity index (χ1) is 7.77. The Labute approximate surface area is 101 Å². The number of nitrogens with two attached hydrogens (primary N) is 1. The first-order valence-electron chi connectivity index (χ1n) is 5.57. The van der Waals surface area contributed by atoms with Gasteiger partial charge in [-0.15, -0.1) is 0 Å². The van der Waals surface area contributed by atoms with Gasteiger partial charge in [-0.25, -0.2) is 0 Å². The van der Waals surface area contributed by atoms with Crippen molar-refractivity contribution < 1.29 is 4.92 Å². The fraction of sp³-hybridized carbons (Fsp3) is 0.500. The van der Waals surface area contributed by atoms with E-state index in [1.54, 1.807) is 12.1 Å². The number of hydrogen-bond donors (Lipinski definition) is 2. The van der Waals surface area contributed by atoms with E-state index in [9.17, 15) is 10.1 Å². The molecule has 1 aliphatic rings. The summed E-state index contributed by atoms with van der Waals surface area (Å²) >= 11 is 0. The van der Waals surface area contributed by atoms with Gasteiger partial charge in [-0.2, -0.15) is 0 Å². The first-order valence-corrected chi connectivity index (χ1v) is 5.57. The highest BCUT2D eigenvalue weighted by atomic mass is 16.6. The van der Waals surface area contributed by atoms with Crippen LogP contribution in [0.3, 0.4) is 0 Å². The fourth-order valence-electron chi connectivity index (χ4n) is 1.39. The van der Waals surface area contributed by atoms with E-state index >= 15 is 0 Å². The average Bonchev–Trinajstić information content (AvgIpc) is 2.60. The maximum absolute atomic E-state index is 10.4. The van der Waals surface area contributed by atoms with Gasteiger partial charge in [0.05, 0.1) is 4.92 Å². The summed E-state index contributed by atoms with van der Waals surface area (Å²) < 4.78 is 0. The van der Waals surface area contributed by atoms with Gasteiger partial charge in [-0.3, -0.25) is 10.1 Å². The molecule has 0 saturated heterocycles. The largest absolute Gasteiger partial charge is 0.384 e. The van der Waals surface area contributed by atoms with Gasteiger partial charge in [0.2, 0.25) is 0 Å². The van der Waals surface area contributed by atoms with Crippen molar-refractivity contribution in [2.24, 2.45) is 5.73 Å². The molecule has 0 radical (unpaired) electrons. The Kier molecular flexibility index (Phi) is 4.07. The molecule has 0 spiro atoms. The maximum Gasteiger partial charge on any atom is 0.271 e. The molecule has 5 nitrogen and oxygen atoms in total. The Morgan fingerprint density at radius 3 is 2.53 bits per heavy atom. The highest BCUT2D eigenvalue weighted by Gasteiger charge is 2.13. The molecule has 0 saturated carbocycles. The van der Waals surface area contributed by atoms with Crippen LogP contribution in [0.5, 0.6) is 0 Å². The lowest BCUT2D eigenvalue weighted by molar-refractivity contribution is -0.384. The van der Waals surface area contributed by atoms with E-state index < -0.39 is 0 Å². The van der Waals surface area contributed by atoms with Crippen molar-refractivity contribution in [2.75, 3.05) is 11.9 Å². The third-order valence-corrected chi connectivity index (χ3v) is 2.01. The van der Waals surface area contributed by atoms with E-state index in [2.05, 4.69) is 5.32 Å². The van der Waals surface area contributed by atoms with Crippen molar-refractivity contribution in [1.82, 2.24) is 0 Å². The number of nitrogens with one attached hydrogen (secondary N) is 1. The lowest BCUT2D eigenvalue weighted by atomic mass is 10.1. The zero-order valence-corrected chi connectivity index (χ0v) is 10.5. The number of rotatable bonds is 1. The molecule has 5 heteroatoms. The molecule has 94 valence electrons. The first kappa shape index (κ1) is 13.4. The van der Waals surface area contributed by atoms with Gasteiger partial charge < -0.3 is 11.1 Å². The van der Waals surface area contributed by atoms with Crippen LogP contribution in [0, 0.1) is 10.1 Å². The van der Waals surface area contributed by atoms with Crippen LogP contribution in [-0.2, 0) is 6.42 Å². The molecular weight excluding hydrogens is 218 g/mol. The fourth-order valence-corrected chi connectivity index (χ4v) is 1.39. The van der Waals surface area contributed by atoms with Gasteiger partial charge in [-0.1, -0.05) is 6.07 Å². The molecule has 0 aliphatic carbocycles. The second-order valence-corrected chi connectivity index (χ2v) is 5.14. The number of hydrogen-bond acceptors (Lipinski definition) is 4. The molecule has 17 heavy (non-hydrogen) atoms. The van der Waals surface area contributed by atoms with Crippen LogP contribution in [0.1, 0.15) is 26.3 Å². The van der Waals surface area contributed by atoms with Gasteiger partial charge in [-0.05, 0) is 32.8 Å². The lowest BCUT2D eigenvalue weighted by Gasteiger charge is -2.06. The van der Waals surface area contributed by atoms with Crippen molar-refractivity contribution in [3.05, 3.63) is 33.9 Å². The Hall–Kier alpha value is -1.62. The number of anilines is 1. The maximum atomic E-state index is 10.4. The SMILES string of the molecule is CC(C)(C)N.O=[N+]([O-])c1ccc2c(c1)NCC2. The van der Waals surface area contributed by atoms with E-state index in [0.717, 1.165) is 18.7 Å². The predicted octanol–water partition coefficient (Wildman–Crippen LogP) is 2.31. The van der Waals surface area contributed by atoms with E-state index in [4.69, 9.17) is 5.73 Å². The minimum absolute atomic E-state index is 0. The number of nitro benzene ring substituents is 1. The minimum Gasteiger partial charge on any atom is -0.384 e. The molecule has 0 aromatic heterocycles. The molecule has 1 aliphatic heterocycles. The Bertz CT molecular complexity index is 405. The molecule has 0 amide bonds. The normalized spacial score (nSPS) is 13.2. The standard InChI is InChI=1S/C8H8N2O2.C4H11N/c11-10(12)7-2-1-6-3-4-9-8(6)5-7;1-4(2,3)5/h1-2,5,9H,3-4H2;5H2,1-3H3. The Morgan fingerprint density at radius 2 is 2.00 bits per heavy atom. The van der Waals surface area contributed by atoms with Crippen LogP contribution < -0.4 is 11.1 Å². The molecule has 3 N–H and O–H groups in total. The zero-order valence-electron chi connectivity index (χ0n) is 10.5. The van der Waals surface area contributed by atoms with Crippen molar-refractivity contribution in [3.8, 4) is 0 Å².